The van der Waals surface area contributed by atoms with Crippen LogP contribution in [0.3, 0.4) is 0 Å². The number of hydrogen-bond donors (Lipinski definition) is 0. The number of aromatic nitrogens is 4. The average molecular weight is 736 g/mol. The van der Waals surface area contributed by atoms with Gasteiger partial charge in [0.05, 0.1) is 11.9 Å². The summed E-state index contributed by atoms with van der Waals surface area (Å²) in [6, 6.07) is 57.4. The molecule has 2 heterocycles. The minimum Gasteiger partial charge on any atom is -0.309 e. The van der Waals surface area contributed by atoms with Gasteiger partial charge < -0.3 is 4.90 Å². The number of allylic oxidation sites excluding steroid dienone is 4. The molecule has 0 aliphatic heterocycles. The van der Waals surface area contributed by atoms with Crippen molar-refractivity contribution in [2.75, 3.05) is 4.90 Å². The molecule has 1 atom stereocenters. The Morgan fingerprint density at radius 1 is 0.474 bits per heavy atom. The quantitative estimate of drug-likeness (QED) is 0.148. The fraction of sp³-hybridized carbons (Fsp3) is 0.0769. The van der Waals surface area contributed by atoms with Crippen molar-refractivity contribution >= 4 is 22.6 Å². The van der Waals surface area contributed by atoms with E-state index in [1.54, 1.807) is 6.20 Å². The summed E-state index contributed by atoms with van der Waals surface area (Å²) >= 11 is 0. The third-order valence-electron chi connectivity index (χ3n) is 10.5. The topological polar surface area (TPSA) is 54.8 Å². The number of anilines is 3. The van der Waals surface area contributed by atoms with Crippen molar-refractivity contribution in [2.45, 2.75) is 26.2 Å². The molecule has 2 aromatic heterocycles. The molecule has 5 nitrogen and oxygen atoms in total. The van der Waals surface area contributed by atoms with Gasteiger partial charge in [0.1, 0.15) is 0 Å². The number of aryl methyl sites for hydroxylation is 2. The van der Waals surface area contributed by atoms with Gasteiger partial charge in [-0.1, -0.05) is 139 Å². The molecule has 0 spiro atoms. The average Bonchev–Trinajstić information content (AvgIpc) is 3.28. The van der Waals surface area contributed by atoms with Gasteiger partial charge in [0, 0.05) is 40.2 Å². The molecule has 0 radical (unpaired) electrons. The van der Waals surface area contributed by atoms with Crippen molar-refractivity contribution in [3.05, 3.63) is 217 Å². The SMILES string of the molecule is Cc1ccc(-c2nc(-c3ccc(C)cc3)nc(-c3cc(C4=CCC(c5ccccc5)C=C4)cc(-c4ccc(N(c5ccccc5)c5cccnc5)cc4)c3)n2)cc1. The van der Waals surface area contributed by atoms with E-state index in [-0.39, 0.29) is 0 Å². The van der Waals surface area contributed by atoms with Gasteiger partial charge in [0.2, 0.25) is 0 Å². The van der Waals surface area contributed by atoms with Crippen LogP contribution in [0.25, 0.3) is 50.9 Å². The summed E-state index contributed by atoms with van der Waals surface area (Å²) in [7, 11) is 0. The van der Waals surface area contributed by atoms with Crippen molar-refractivity contribution in [3.63, 3.8) is 0 Å². The van der Waals surface area contributed by atoms with Crippen LogP contribution in [0.5, 0.6) is 0 Å². The third kappa shape index (κ3) is 7.82. The second-order valence-electron chi connectivity index (χ2n) is 14.5. The molecule has 5 heteroatoms. The first-order chi connectivity index (χ1) is 28.0. The van der Waals surface area contributed by atoms with E-state index in [9.17, 15) is 0 Å². The minimum atomic E-state index is 0.343. The molecule has 0 N–H and O–H groups in total. The number of benzene rings is 6. The number of rotatable bonds is 9. The highest BCUT2D eigenvalue weighted by Gasteiger charge is 2.18. The summed E-state index contributed by atoms with van der Waals surface area (Å²) in [5, 5.41) is 0. The summed E-state index contributed by atoms with van der Waals surface area (Å²) < 4.78 is 0. The number of pyridine rings is 1. The zero-order valence-corrected chi connectivity index (χ0v) is 32.0. The molecule has 0 saturated carbocycles. The van der Waals surface area contributed by atoms with Gasteiger partial charge in [0.15, 0.2) is 17.5 Å². The molecule has 57 heavy (non-hydrogen) atoms. The third-order valence-corrected chi connectivity index (χ3v) is 10.5. The lowest BCUT2D eigenvalue weighted by molar-refractivity contribution is 0.856. The molecule has 8 aromatic rings. The highest BCUT2D eigenvalue weighted by atomic mass is 15.1. The van der Waals surface area contributed by atoms with Crippen molar-refractivity contribution in [1.82, 2.24) is 19.9 Å². The Bertz CT molecular complexity index is 2580. The predicted molar refractivity (Wildman–Crippen MR) is 234 cm³/mol. The number of nitrogens with zero attached hydrogens (tertiary/aromatic N) is 5. The zero-order chi connectivity index (χ0) is 38.6. The molecule has 274 valence electrons. The normalized spacial score (nSPS) is 13.6. The Hall–Kier alpha value is -7.24. The van der Waals surface area contributed by atoms with Gasteiger partial charge in [-0.25, -0.2) is 15.0 Å². The number of para-hydroxylation sites is 1. The molecular weight excluding hydrogens is 695 g/mol. The summed E-state index contributed by atoms with van der Waals surface area (Å²) in [6.07, 6.45) is 11.6. The van der Waals surface area contributed by atoms with E-state index >= 15 is 0 Å². The largest absolute Gasteiger partial charge is 0.309 e. The molecule has 9 rings (SSSR count). The Morgan fingerprint density at radius 3 is 1.58 bits per heavy atom. The summed E-state index contributed by atoms with van der Waals surface area (Å²) in [5.74, 6) is 2.26. The standard InChI is InChI=1S/C52H41N5/c1-36-15-19-42(20-16-36)50-54-51(43-21-17-37(2)18-22-43)56-52(55-50)46-33-44(40-25-23-39(24-26-40)38-10-5-3-6-11-38)32-45(34-46)41-27-29-48(30-28-41)57(47-12-7-4-8-13-47)49-14-9-31-53-35-49/h3-23,25-35,39H,24H2,1-2H3. The predicted octanol–water partition coefficient (Wildman–Crippen LogP) is 13.1. The molecule has 0 fully saturated rings. The van der Waals surface area contributed by atoms with Crippen LogP contribution in [-0.2, 0) is 0 Å². The highest BCUT2D eigenvalue weighted by Crippen LogP contribution is 2.38. The van der Waals surface area contributed by atoms with E-state index in [1.807, 2.05) is 18.3 Å². The van der Waals surface area contributed by atoms with Crippen LogP contribution in [0, 0.1) is 13.8 Å². The van der Waals surface area contributed by atoms with Crippen molar-refractivity contribution in [3.8, 4) is 45.3 Å². The first-order valence-corrected chi connectivity index (χ1v) is 19.4. The van der Waals surface area contributed by atoms with Gasteiger partial charge in [-0.2, -0.15) is 0 Å². The fourth-order valence-corrected chi connectivity index (χ4v) is 7.35. The van der Waals surface area contributed by atoms with Crippen LogP contribution >= 0.6 is 0 Å². The smallest absolute Gasteiger partial charge is 0.164 e. The molecule has 1 aliphatic carbocycles. The molecule has 1 unspecified atom stereocenters. The molecular formula is C52H41N5. The van der Waals surface area contributed by atoms with Gasteiger partial charge in [-0.3, -0.25) is 4.98 Å². The summed E-state index contributed by atoms with van der Waals surface area (Å²) in [6.45, 7) is 4.18. The maximum absolute atomic E-state index is 5.15. The minimum absolute atomic E-state index is 0.343. The lowest BCUT2D eigenvalue weighted by Gasteiger charge is -2.25. The van der Waals surface area contributed by atoms with Crippen LogP contribution in [0.2, 0.25) is 0 Å². The van der Waals surface area contributed by atoms with Crippen LogP contribution in [0.15, 0.2) is 194 Å². The Labute approximate surface area is 334 Å². The number of hydrogen-bond acceptors (Lipinski definition) is 5. The van der Waals surface area contributed by atoms with E-state index in [1.165, 1.54) is 22.3 Å². The van der Waals surface area contributed by atoms with Crippen molar-refractivity contribution in [1.29, 1.82) is 0 Å². The second kappa shape index (κ2) is 15.9. The molecule has 0 saturated heterocycles. The Kier molecular flexibility index (Phi) is 9.86. The lowest BCUT2D eigenvalue weighted by atomic mass is 9.87. The van der Waals surface area contributed by atoms with Crippen LogP contribution in [-0.4, -0.2) is 19.9 Å². The second-order valence-corrected chi connectivity index (χ2v) is 14.5. The maximum Gasteiger partial charge on any atom is 0.164 e. The van der Waals surface area contributed by atoms with Crippen LogP contribution < -0.4 is 4.90 Å². The first kappa shape index (κ1) is 35.5. The first-order valence-electron chi connectivity index (χ1n) is 19.4. The van der Waals surface area contributed by atoms with E-state index in [2.05, 4.69) is 194 Å². The molecule has 6 aromatic carbocycles. The highest BCUT2D eigenvalue weighted by molar-refractivity contribution is 5.84. The monoisotopic (exact) mass is 735 g/mol. The van der Waals surface area contributed by atoms with Gasteiger partial charge >= 0.3 is 0 Å². The van der Waals surface area contributed by atoms with Gasteiger partial charge in [-0.15, -0.1) is 0 Å². The maximum atomic E-state index is 5.15. The zero-order valence-electron chi connectivity index (χ0n) is 32.0. The van der Waals surface area contributed by atoms with Crippen LogP contribution in [0.1, 0.15) is 34.6 Å². The van der Waals surface area contributed by atoms with E-state index < -0.39 is 0 Å². The van der Waals surface area contributed by atoms with E-state index in [0.717, 1.165) is 56.9 Å². The van der Waals surface area contributed by atoms with E-state index in [4.69, 9.17) is 15.0 Å². The fourth-order valence-electron chi connectivity index (χ4n) is 7.35. The Balaban J connectivity index is 1.16. The summed E-state index contributed by atoms with van der Waals surface area (Å²) in [5.41, 5.74) is 14.1. The van der Waals surface area contributed by atoms with Crippen molar-refractivity contribution < 1.29 is 0 Å². The molecule has 0 bridgehead atoms. The summed E-state index contributed by atoms with van der Waals surface area (Å²) in [4.78, 5) is 22.0. The van der Waals surface area contributed by atoms with Crippen molar-refractivity contribution in [2.24, 2.45) is 0 Å². The Morgan fingerprint density at radius 2 is 1.00 bits per heavy atom. The lowest BCUT2D eigenvalue weighted by Crippen LogP contribution is -2.09. The van der Waals surface area contributed by atoms with Gasteiger partial charge in [0.25, 0.3) is 0 Å². The van der Waals surface area contributed by atoms with Gasteiger partial charge in [-0.05, 0) is 103 Å². The molecule has 1 aliphatic rings. The molecule has 0 amide bonds. The van der Waals surface area contributed by atoms with Crippen LogP contribution in [0.4, 0.5) is 17.1 Å². The van der Waals surface area contributed by atoms with E-state index in [0.29, 0.717) is 23.4 Å².